The van der Waals surface area contributed by atoms with Crippen molar-refractivity contribution in [1.29, 1.82) is 0 Å². The van der Waals surface area contributed by atoms with Crippen molar-refractivity contribution in [3.05, 3.63) is 30.5 Å². The topological polar surface area (TPSA) is 45.5 Å². The van der Waals surface area contributed by atoms with E-state index in [0.717, 1.165) is 22.5 Å². The second kappa shape index (κ2) is 5.39. The molecule has 0 spiro atoms. The molecule has 1 aromatic carbocycles. The largest absolute Gasteiger partial charge is 0.494 e. The first kappa shape index (κ1) is 16.1. The highest BCUT2D eigenvalue weighted by Gasteiger charge is 2.51. The Morgan fingerprint density at radius 1 is 1.13 bits per heavy atom. The standard InChI is InChI=1S/C17H23BN2O3/c1-16(2)17(3,4)23-18(22-16)13-9-7-8-12(10-13)15-14(21-6)11-20(5)19-15/h7-11H,1-6H3. The van der Waals surface area contributed by atoms with Gasteiger partial charge in [0, 0.05) is 12.6 Å². The van der Waals surface area contributed by atoms with Crippen molar-refractivity contribution in [2.75, 3.05) is 7.11 Å². The number of nitrogens with zero attached hydrogens (tertiary/aromatic N) is 2. The third kappa shape index (κ3) is 2.77. The van der Waals surface area contributed by atoms with Crippen LogP contribution in [0.4, 0.5) is 0 Å². The monoisotopic (exact) mass is 314 g/mol. The molecule has 0 saturated carbocycles. The van der Waals surface area contributed by atoms with Crippen LogP contribution in [0.5, 0.6) is 5.75 Å². The number of aryl methyl sites for hydroxylation is 1. The van der Waals surface area contributed by atoms with Crippen molar-refractivity contribution in [1.82, 2.24) is 9.78 Å². The molecule has 122 valence electrons. The first-order valence-electron chi connectivity index (χ1n) is 7.77. The zero-order valence-corrected chi connectivity index (χ0v) is 14.6. The lowest BCUT2D eigenvalue weighted by Gasteiger charge is -2.32. The molecule has 6 heteroatoms. The second-order valence-electron chi connectivity index (χ2n) is 6.93. The van der Waals surface area contributed by atoms with Crippen molar-refractivity contribution >= 4 is 12.6 Å². The Hall–Kier alpha value is -1.79. The molecular formula is C17H23BN2O3. The third-order valence-electron chi connectivity index (χ3n) is 4.70. The highest BCUT2D eigenvalue weighted by Crippen LogP contribution is 2.37. The fourth-order valence-electron chi connectivity index (χ4n) is 2.63. The van der Waals surface area contributed by atoms with Crippen LogP contribution in [0.25, 0.3) is 11.3 Å². The van der Waals surface area contributed by atoms with Crippen LogP contribution < -0.4 is 10.2 Å². The van der Waals surface area contributed by atoms with Gasteiger partial charge in [-0.05, 0) is 33.2 Å². The highest BCUT2D eigenvalue weighted by molar-refractivity contribution is 6.62. The molecule has 23 heavy (non-hydrogen) atoms. The molecule has 1 fully saturated rings. The van der Waals surface area contributed by atoms with E-state index in [0.29, 0.717) is 0 Å². The summed E-state index contributed by atoms with van der Waals surface area (Å²) in [6.45, 7) is 8.22. The van der Waals surface area contributed by atoms with Crippen LogP contribution in [0.1, 0.15) is 27.7 Å². The average Bonchev–Trinajstić information content (AvgIpc) is 2.96. The summed E-state index contributed by atoms with van der Waals surface area (Å²) in [5, 5.41) is 4.49. The van der Waals surface area contributed by atoms with Crippen LogP contribution in [0, 0.1) is 0 Å². The molecule has 1 saturated heterocycles. The number of ether oxygens (including phenoxy) is 1. The summed E-state index contributed by atoms with van der Waals surface area (Å²) in [5.41, 5.74) is 2.07. The van der Waals surface area contributed by atoms with E-state index >= 15 is 0 Å². The summed E-state index contributed by atoms with van der Waals surface area (Å²) in [4.78, 5) is 0. The van der Waals surface area contributed by atoms with E-state index in [-0.39, 0.29) is 18.3 Å². The fraction of sp³-hybridized carbons (Fsp3) is 0.471. The van der Waals surface area contributed by atoms with Crippen molar-refractivity contribution in [2.45, 2.75) is 38.9 Å². The van der Waals surface area contributed by atoms with Crippen molar-refractivity contribution in [3.8, 4) is 17.0 Å². The Bertz CT molecular complexity index is 708. The Kier molecular flexibility index (Phi) is 3.77. The Balaban J connectivity index is 1.95. The second-order valence-corrected chi connectivity index (χ2v) is 6.93. The first-order valence-corrected chi connectivity index (χ1v) is 7.77. The number of benzene rings is 1. The van der Waals surface area contributed by atoms with Crippen LogP contribution in [0.3, 0.4) is 0 Å². The molecule has 2 heterocycles. The van der Waals surface area contributed by atoms with E-state index in [1.807, 2.05) is 37.5 Å². The van der Waals surface area contributed by atoms with Crippen LogP contribution >= 0.6 is 0 Å². The van der Waals surface area contributed by atoms with Gasteiger partial charge < -0.3 is 14.0 Å². The molecule has 1 aliphatic heterocycles. The van der Waals surface area contributed by atoms with Crippen LogP contribution in [-0.4, -0.2) is 35.2 Å². The van der Waals surface area contributed by atoms with E-state index in [4.69, 9.17) is 14.0 Å². The van der Waals surface area contributed by atoms with Crippen LogP contribution in [-0.2, 0) is 16.4 Å². The summed E-state index contributed by atoms with van der Waals surface area (Å²) in [7, 11) is 3.15. The zero-order chi connectivity index (χ0) is 16.8. The quantitative estimate of drug-likeness (QED) is 0.816. The number of hydrogen-bond acceptors (Lipinski definition) is 4. The lowest BCUT2D eigenvalue weighted by molar-refractivity contribution is 0.00578. The van der Waals surface area contributed by atoms with Gasteiger partial charge in [0.15, 0.2) is 5.75 Å². The number of methoxy groups -OCH3 is 1. The molecule has 1 aromatic heterocycles. The molecule has 3 rings (SSSR count). The molecule has 0 N–H and O–H groups in total. The van der Waals surface area contributed by atoms with Gasteiger partial charge in [-0.2, -0.15) is 5.10 Å². The van der Waals surface area contributed by atoms with Gasteiger partial charge in [0.05, 0.1) is 24.5 Å². The lowest BCUT2D eigenvalue weighted by atomic mass is 9.78. The summed E-state index contributed by atoms with van der Waals surface area (Å²) in [6.07, 6.45) is 1.86. The van der Waals surface area contributed by atoms with Gasteiger partial charge in [-0.25, -0.2) is 0 Å². The summed E-state index contributed by atoms with van der Waals surface area (Å²) >= 11 is 0. The predicted molar refractivity (Wildman–Crippen MR) is 90.9 cm³/mol. The maximum Gasteiger partial charge on any atom is 0.494 e. The zero-order valence-electron chi connectivity index (χ0n) is 14.6. The van der Waals surface area contributed by atoms with Gasteiger partial charge in [-0.15, -0.1) is 0 Å². The maximum absolute atomic E-state index is 6.12. The lowest BCUT2D eigenvalue weighted by Crippen LogP contribution is -2.41. The van der Waals surface area contributed by atoms with E-state index < -0.39 is 0 Å². The van der Waals surface area contributed by atoms with Crippen LogP contribution in [0.15, 0.2) is 30.5 Å². The van der Waals surface area contributed by atoms with Gasteiger partial charge in [-0.3, -0.25) is 4.68 Å². The van der Waals surface area contributed by atoms with Gasteiger partial charge >= 0.3 is 7.12 Å². The van der Waals surface area contributed by atoms with E-state index in [1.165, 1.54) is 0 Å². The van der Waals surface area contributed by atoms with Gasteiger partial charge in [0.25, 0.3) is 0 Å². The number of rotatable bonds is 3. The number of hydrogen-bond donors (Lipinski definition) is 0. The van der Waals surface area contributed by atoms with E-state index in [9.17, 15) is 0 Å². The molecule has 0 bridgehead atoms. The maximum atomic E-state index is 6.12. The molecule has 0 atom stereocenters. The molecule has 0 radical (unpaired) electrons. The molecule has 5 nitrogen and oxygen atoms in total. The molecule has 0 amide bonds. The molecular weight excluding hydrogens is 291 g/mol. The minimum absolute atomic E-state index is 0.351. The molecule has 2 aromatic rings. The van der Waals surface area contributed by atoms with Gasteiger partial charge in [0.2, 0.25) is 0 Å². The molecule has 0 aliphatic carbocycles. The SMILES string of the molecule is COc1cn(C)nc1-c1cccc(B2OC(C)(C)C(C)(C)O2)c1. The number of aromatic nitrogens is 2. The Labute approximate surface area is 137 Å². The van der Waals surface area contributed by atoms with Gasteiger partial charge in [0.1, 0.15) is 5.69 Å². The summed E-state index contributed by atoms with van der Waals surface area (Å²) < 4.78 is 19.4. The van der Waals surface area contributed by atoms with Gasteiger partial charge in [-0.1, -0.05) is 24.3 Å². The average molecular weight is 314 g/mol. The highest BCUT2D eigenvalue weighted by atomic mass is 16.7. The summed E-state index contributed by atoms with van der Waals surface area (Å²) in [6, 6.07) is 8.07. The smallest absolute Gasteiger partial charge is 0.493 e. The van der Waals surface area contributed by atoms with Crippen molar-refractivity contribution in [2.24, 2.45) is 7.05 Å². The molecule has 0 unspecified atom stereocenters. The minimum atomic E-state index is -0.380. The minimum Gasteiger partial charge on any atom is -0.493 e. The fourth-order valence-corrected chi connectivity index (χ4v) is 2.63. The first-order chi connectivity index (χ1) is 10.7. The van der Waals surface area contributed by atoms with Crippen LogP contribution in [0.2, 0.25) is 0 Å². The normalized spacial score (nSPS) is 19.1. The predicted octanol–water partition coefficient (Wildman–Crippen LogP) is 2.39. The van der Waals surface area contributed by atoms with Crippen molar-refractivity contribution < 1.29 is 14.0 Å². The van der Waals surface area contributed by atoms with Crippen molar-refractivity contribution in [3.63, 3.8) is 0 Å². The van der Waals surface area contributed by atoms with E-state index in [2.05, 4.69) is 32.8 Å². The molecule has 1 aliphatic rings. The Morgan fingerprint density at radius 2 is 1.78 bits per heavy atom. The third-order valence-corrected chi connectivity index (χ3v) is 4.70. The Morgan fingerprint density at radius 3 is 2.39 bits per heavy atom. The van der Waals surface area contributed by atoms with E-state index in [1.54, 1.807) is 11.8 Å². The summed E-state index contributed by atoms with van der Waals surface area (Å²) in [5.74, 6) is 0.749.